The van der Waals surface area contributed by atoms with Crippen molar-refractivity contribution in [3.63, 3.8) is 0 Å². The molecule has 0 atom stereocenters. The predicted octanol–water partition coefficient (Wildman–Crippen LogP) is 2.43. The zero-order valence-corrected chi connectivity index (χ0v) is 13.5. The van der Waals surface area contributed by atoms with Gasteiger partial charge in [0.25, 0.3) is 0 Å². The molecule has 2 amide bonds. The van der Waals surface area contributed by atoms with Gasteiger partial charge in [-0.1, -0.05) is 60.7 Å². The first-order chi connectivity index (χ1) is 11.2. The van der Waals surface area contributed by atoms with Crippen molar-refractivity contribution in [2.75, 3.05) is 18.2 Å². The van der Waals surface area contributed by atoms with Crippen molar-refractivity contribution in [3.8, 4) is 0 Å². The van der Waals surface area contributed by atoms with E-state index in [-0.39, 0.29) is 24.4 Å². The summed E-state index contributed by atoms with van der Waals surface area (Å²) >= 11 is 1.54. The smallest absolute Gasteiger partial charge is 0.240 e. The van der Waals surface area contributed by atoms with E-state index in [0.29, 0.717) is 11.6 Å². The summed E-state index contributed by atoms with van der Waals surface area (Å²) < 4.78 is 0. The number of nitrogens with zero attached hydrogens (tertiary/aromatic N) is 1. The summed E-state index contributed by atoms with van der Waals surface area (Å²) in [6, 6.07) is 19.5. The minimum atomic E-state index is -0.213. The number of thioether (sulfide) groups is 1. The molecular weight excluding hydrogens is 308 g/mol. The van der Waals surface area contributed by atoms with Gasteiger partial charge in [0.15, 0.2) is 0 Å². The lowest BCUT2D eigenvalue weighted by Gasteiger charge is -2.22. The van der Waals surface area contributed by atoms with Crippen LogP contribution in [0.1, 0.15) is 17.2 Å². The topological polar surface area (TPSA) is 49.4 Å². The Hall–Kier alpha value is -2.27. The lowest BCUT2D eigenvalue weighted by atomic mass is 9.99. The van der Waals surface area contributed by atoms with E-state index in [1.165, 1.54) is 0 Å². The molecule has 23 heavy (non-hydrogen) atoms. The van der Waals surface area contributed by atoms with E-state index in [1.807, 2.05) is 60.7 Å². The molecule has 1 fully saturated rings. The van der Waals surface area contributed by atoms with Crippen LogP contribution in [-0.2, 0) is 9.59 Å². The minimum Gasteiger partial charge on any atom is -0.344 e. The van der Waals surface area contributed by atoms with Crippen molar-refractivity contribution >= 4 is 23.6 Å². The van der Waals surface area contributed by atoms with Crippen LogP contribution >= 0.6 is 11.8 Å². The van der Waals surface area contributed by atoms with Crippen LogP contribution in [-0.4, -0.2) is 34.9 Å². The van der Waals surface area contributed by atoms with Crippen molar-refractivity contribution in [1.29, 1.82) is 0 Å². The third-order valence-corrected chi connectivity index (χ3v) is 4.68. The summed E-state index contributed by atoms with van der Waals surface area (Å²) in [5, 5.41) is 3.05. The summed E-state index contributed by atoms with van der Waals surface area (Å²) in [6.45, 7) is 0.113. The van der Waals surface area contributed by atoms with Gasteiger partial charge in [-0.15, -0.1) is 11.8 Å². The molecule has 1 aliphatic rings. The van der Waals surface area contributed by atoms with Gasteiger partial charge in [-0.25, -0.2) is 0 Å². The third kappa shape index (κ3) is 3.93. The molecule has 0 aromatic heterocycles. The molecule has 1 aliphatic heterocycles. The Morgan fingerprint density at radius 1 is 1.04 bits per heavy atom. The number of amides is 2. The summed E-state index contributed by atoms with van der Waals surface area (Å²) in [4.78, 5) is 25.6. The molecule has 4 nitrogen and oxygen atoms in total. The molecule has 0 unspecified atom stereocenters. The highest BCUT2D eigenvalue weighted by Gasteiger charge is 2.24. The maximum Gasteiger partial charge on any atom is 0.240 e. The SMILES string of the molecule is O=C(CN1CSCC1=O)NC(c1ccccc1)c1ccccc1. The molecule has 2 aromatic rings. The quantitative estimate of drug-likeness (QED) is 0.918. The Labute approximate surface area is 139 Å². The Kier molecular flexibility index (Phi) is 4.98. The number of nitrogens with one attached hydrogen (secondary N) is 1. The molecule has 0 bridgehead atoms. The molecule has 2 aromatic carbocycles. The molecule has 1 heterocycles. The normalized spacial score (nSPS) is 14.3. The van der Waals surface area contributed by atoms with Crippen molar-refractivity contribution in [2.24, 2.45) is 0 Å². The second kappa shape index (κ2) is 7.33. The fourth-order valence-electron chi connectivity index (χ4n) is 2.57. The van der Waals surface area contributed by atoms with Gasteiger partial charge in [-0.2, -0.15) is 0 Å². The minimum absolute atomic E-state index is 0.0288. The molecule has 0 spiro atoms. The predicted molar refractivity (Wildman–Crippen MR) is 91.9 cm³/mol. The zero-order valence-electron chi connectivity index (χ0n) is 12.6. The average Bonchev–Trinajstić information content (AvgIpc) is 2.99. The standard InChI is InChI=1S/C18H18N2O2S/c21-16(11-20-13-23-12-17(20)22)19-18(14-7-3-1-4-8-14)15-9-5-2-6-10-15/h1-10,18H,11-13H2,(H,19,21). The molecule has 0 aliphatic carbocycles. The van der Waals surface area contributed by atoms with E-state index >= 15 is 0 Å². The van der Waals surface area contributed by atoms with Gasteiger partial charge in [-0.05, 0) is 11.1 Å². The van der Waals surface area contributed by atoms with Crippen molar-refractivity contribution in [2.45, 2.75) is 6.04 Å². The number of benzene rings is 2. The fourth-order valence-corrected chi connectivity index (χ4v) is 3.47. The second-order valence-corrected chi connectivity index (χ2v) is 6.35. The van der Waals surface area contributed by atoms with Crippen LogP contribution < -0.4 is 5.32 Å². The van der Waals surface area contributed by atoms with Crippen LogP contribution in [0.2, 0.25) is 0 Å². The number of carbonyl (C=O) groups is 2. The van der Waals surface area contributed by atoms with E-state index in [4.69, 9.17) is 0 Å². The maximum atomic E-state index is 12.4. The van der Waals surface area contributed by atoms with Gasteiger partial charge in [-0.3, -0.25) is 9.59 Å². The van der Waals surface area contributed by atoms with E-state index in [9.17, 15) is 9.59 Å². The lowest BCUT2D eigenvalue weighted by molar-refractivity contribution is -0.132. The third-order valence-electron chi connectivity index (χ3n) is 3.73. The fraction of sp³-hybridized carbons (Fsp3) is 0.222. The van der Waals surface area contributed by atoms with Gasteiger partial charge in [0.1, 0.15) is 6.54 Å². The molecule has 3 rings (SSSR count). The largest absolute Gasteiger partial charge is 0.344 e. The van der Waals surface area contributed by atoms with Gasteiger partial charge in [0.05, 0.1) is 17.7 Å². The number of rotatable bonds is 5. The molecule has 118 valence electrons. The van der Waals surface area contributed by atoms with Gasteiger partial charge >= 0.3 is 0 Å². The molecular formula is C18H18N2O2S. The Bertz CT molecular complexity index is 636. The van der Waals surface area contributed by atoms with Crippen molar-refractivity contribution in [1.82, 2.24) is 10.2 Å². The molecule has 1 N–H and O–H groups in total. The van der Waals surface area contributed by atoms with E-state index < -0.39 is 0 Å². The molecule has 5 heteroatoms. The van der Waals surface area contributed by atoms with Crippen LogP contribution in [0.5, 0.6) is 0 Å². The van der Waals surface area contributed by atoms with Gasteiger partial charge < -0.3 is 10.2 Å². The number of hydrogen-bond acceptors (Lipinski definition) is 3. The van der Waals surface area contributed by atoms with Crippen LogP contribution in [0.3, 0.4) is 0 Å². The van der Waals surface area contributed by atoms with Crippen LogP contribution in [0.4, 0.5) is 0 Å². The Morgan fingerprint density at radius 3 is 2.09 bits per heavy atom. The first-order valence-electron chi connectivity index (χ1n) is 7.49. The van der Waals surface area contributed by atoms with E-state index in [2.05, 4.69) is 5.32 Å². The Morgan fingerprint density at radius 2 is 1.61 bits per heavy atom. The van der Waals surface area contributed by atoms with E-state index in [1.54, 1.807) is 16.7 Å². The summed E-state index contributed by atoms with van der Waals surface area (Å²) in [7, 11) is 0. The van der Waals surface area contributed by atoms with Crippen LogP contribution in [0, 0.1) is 0 Å². The number of carbonyl (C=O) groups excluding carboxylic acids is 2. The lowest BCUT2D eigenvalue weighted by Crippen LogP contribution is -2.40. The van der Waals surface area contributed by atoms with Crippen molar-refractivity contribution in [3.05, 3.63) is 71.8 Å². The van der Waals surface area contributed by atoms with Gasteiger partial charge in [0.2, 0.25) is 11.8 Å². The first kappa shape index (κ1) is 15.6. The van der Waals surface area contributed by atoms with E-state index in [0.717, 1.165) is 11.1 Å². The number of hydrogen-bond donors (Lipinski definition) is 1. The highest BCUT2D eigenvalue weighted by atomic mass is 32.2. The molecule has 0 saturated carbocycles. The van der Waals surface area contributed by atoms with Gasteiger partial charge in [0, 0.05) is 0 Å². The maximum absolute atomic E-state index is 12.4. The monoisotopic (exact) mass is 326 g/mol. The zero-order chi connectivity index (χ0) is 16.1. The average molecular weight is 326 g/mol. The molecule has 0 radical (unpaired) electrons. The summed E-state index contributed by atoms with van der Waals surface area (Å²) in [5.41, 5.74) is 2.04. The highest BCUT2D eigenvalue weighted by molar-refractivity contribution is 8.00. The summed E-state index contributed by atoms with van der Waals surface area (Å²) in [6.07, 6.45) is 0. The second-order valence-electron chi connectivity index (χ2n) is 5.39. The molecule has 1 saturated heterocycles. The first-order valence-corrected chi connectivity index (χ1v) is 8.64. The Balaban J connectivity index is 1.76. The van der Waals surface area contributed by atoms with Crippen molar-refractivity contribution < 1.29 is 9.59 Å². The highest BCUT2D eigenvalue weighted by Crippen LogP contribution is 2.22. The van der Waals surface area contributed by atoms with Crippen LogP contribution in [0.25, 0.3) is 0 Å². The summed E-state index contributed by atoms with van der Waals surface area (Å²) in [5.74, 6) is 0.946. The van der Waals surface area contributed by atoms with Crippen LogP contribution in [0.15, 0.2) is 60.7 Å².